The topological polar surface area (TPSA) is 57.8 Å². The maximum Gasteiger partial charge on any atom is 0.255 e. The number of carbonyl (C=O) groups is 1. The second kappa shape index (κ2) is 6.34. The van der Waals surface area contributed by atoms with Crippen LogP contribution in [0, 0.1) is 0 Å². The molecule has 2 N–H and O–H groups in total. The Morgan fingerprint density at radius 2 is 2.05 bits per heavy atom. The fourth-order valence-electron chi connectivity index (χ4n) is 3.28. The monoisotopic (exact) mass is 297 g/mol. The SMILES string of the molecule is CCc1n[nH]c(CC)c1C(=O)N[C@@H]1CCc2ccccc2C1. The van der Waals surface area contributed by atoms with Gasteiger partial charge in [0, 0.05) is 11.7 Å². The van der Waals surface area contributed by atoms with E-state index in [4.69, 9.17) is 0 Å². The van der Waals surface area contributed by atoms with E-state index in [1.165, 1.54) is 11.1 Å². The molecule has 1 heterocycles. The molecule has 1 aromatic carbocycles. The molecule has 1 aliphatic rings. The van der Waals surface area contributed by atoms with Crippen molar-refractivity contribution in [2.24, 2.45) is 0 Å². The number of aromatic amines is 1. The number of benzene rings is 1. The van der Waals surface area contributed by atoms with Crippen molar-refractivity contribution in [1.82, 2.24) is 15.5 Å². The molecule has 3 rings (SSSR count). The number of amides is 1. The van der Waals surface area contributed by atoms with Crippen LogP contribution in [0.15, 0.2) is 24.3 Å². The third-order valence-electron chi connectivity index (χ3n) is 4.51. The van der Waals surface area contributed by atoms with Crippen molar-refractivity contribution in [1.29, 1.82) is 0 Å². The molecule has 0 unspecified atom stereocenters. The number of aromatic nitrogens is 2. The van der Waals surface area contributed by atoms with E-state index in [2.05, 4.69) is 39.8 Å². The number of aryl methyl sites for hydroxylation is 3. The van der Waals surface area contributed by atoms with Crippen LogP contribution in [-0.4, -0.2) is 22.1 Å². The molecular weight excluding hydrogens is 274 g/mol. The Balaban J connectivity index is 1.74. The van der Waals surface area contributed by atoms with E-state index < -0.39 is 0 Å². The smallest absolute Gasteiger partial charge is 0.255 e. The standard InChI is InChI=1S/C18H23N3O/c1-3-15-17(16(4-2)21-20-15)18(22)19-14-10-9-12-7-5-6-8-13(12)11-14/h5-8,14H,3-4,9-11H2,1-2H3,(H,19,22)(H,20,21)/t14-/m1/s1. The van der Waals surface area contributed by atoms with Crippen LogP contribution in [0.25, 0.3) is 0 Å². The fourth-order valence-corrected chi connectivity index (χ4v) is 3.28. The number of H-pyrrole nitrogens is 1. The van der Waals surface area contributed by atoms with Gasteiger partial charge in [-0.05, 0) is 43.2 Å². The van der Waals surface area contributed by atoms with Crippen LogP contribution < -0.4 is 5.32 Å². The summed E-state index contributed by atoms with van der Waals surface area (Å²) in [6.45, 7) is 4.07. The highest BCUT2D eigenvalue weighted by atomic mass is 16.1. The van der Waals surface area contributed by atoms with Crippen molar-refractivity contribution in [3.05, 3.63) is 52.3 Å². The van der Waals surface area contributed by atoms with Crippen LogP contribution in [0.5, 0.6) is 0 Å². The molecule has 0 saturated carbocycles. The van der Waals surface area contributed by atoms with E-state index in [0.717, 1.165) is 49.1 Å². The number of rotatable bonds is 4. The Morgan fingerprint density at radius 1 is 1.27 bits per heavy atom. The molecule has 0 saturated heterocycles. The second-order valence-electron chi connectivity index (χ2n) is 5.91. The summed E-state index contributed by atoms with van der Waals surface area (Å²) in [7, 11) is 0. The Morgan fingerprint density at radius 3 is 2.77 bits per heavy atom. The average molecular weight is 297 g/mol. The minimum absolute atomic E-state index is 0.0202. The van der Waals surface area contributed by atoms with Gasteiger partial charge in [-0.2, -0.15) is 5.10 Å². The van der Waals surface area contributed by atoms with Crippen LogP contribution in [0.2, 0.25) is 0 Å². The lowest BCUT2D eigenvalue weighted by Gasteiger charge is -2.25. The maximum atomic E-state index is 12.7. The highest BCUT2D eigenvalue weighted by molar-refractivity contribution is 5.96. The zero-order valence-corrected chi connectivity index (χ0v) is 13.3. The molecule has 1 amide bonds. The molecule has 1 aliphatic carbocycles. The van der Waals surface area contributed by atoms with E-state index >= 15 is 0 Å². The predicted octanol–water partition coefficient (Wildman–Crippen LogP) is 2.82. The van der Waals surface area contributed by atoms with Crippen LogP contribution in [-0.2, 0) is 25.7 Å². The number of nitrogens with one attached hydrogen (secondary N) is 2. The van der Waals surface area contributed by atoms with Gasteiger partial charge in [-0.3, -0.25) is 9.89 Å². The van der Waals surface area contributed by atoms with Gasteiger partial charge in [0.25, 0.3) is 5.91 Å². The van der Waals surface area contributed by atoms with Crippen LogP contribution in [0.3, 0.4) is 0 Å². The lowest BCUT2D eigenvalue weighted by Crippen LogP contribution is -2.39. The zero-order valence-electron chi connectivity index (χ0n) is 13.3. The first-order valence-electron chi connectivity index (χ1n) is 8.16. The highest BCUT2D eigenvalue weighted by Gasteiger charge is 2.24. The van der Waals surface area contributed by atoms with Crippen molar-refractivity contribution in [3.8, 4) is 0 Å². The molecule has 4 heteroatoms. The zero-order chi connectivity index (χ0) is 15.5. The Hall–Kier alpha value is -2.10. The van der Waals surface area contributed by atoms with Crippen LogP contribution in [0.4, 0.5) is 0 Å². The van der Waals surface area contributed by atoms with E-state index in [9.17, 15) is 4.79 Å². The molecule has 22 heavy (non-hydrogen) atoms. The summed E-state index contributed by atoms with van der Waals surface area (Å²) in [6, 6.07) is 8.73. The third-order valence-corrected chi connectivity index (χ3v) is 4.51. The largest absolute Gasteiger partial charge is 0.349 e. The first kappa shape index (κ1) is 14.8. The molecule has 0 spiro atoms. The normalized spacial score (nSPS) is 17.1. The van der Waals surface area contributed by atoms with E-state index in [1.54, 1.807) is 0 Å². The van der Waals surface area contributed by atoms with E-state index in [0.29, 0.717) is 0 Å². The minimum Gasteiger partial charge on any atom is -0.349 e. The van der Waals surface area contributed by atoms with Gasteiger partial charge in [0.05, 0.1) is 11.3 Å². The summed E-state index contributed by atoms with van der Waals surface area (Å²) in [4.78, 5) is 12.7. The van der Waals surface area contributed by atoms with Crippen molar-refractivity contribution in [3.63, 3.8) is 0 Å². The maximum absolute atomic E-state index is 12.7. The fraction of sp³-hybridized carbons (Fsp3) is 0.444. The molecule has 0 radical (unpaired) electrons. The number of hydrogen-bond acceptors (Lipinski definition) is 2. The van der Waals surface area contributed by atoms with Gasteiger partial charge in [0.2, 0.25) is 0 Å². The molecule has 1 aromatic heterocycles. The van der Waals surface area contributed by atoms with Crippen LogP contribution >= 0.6 is 0 Å². The third kappa shape index (κ3) is 2.78. The Bertz CT molecular complexity index is 653. The highest BCUT2D eigenvalue weighted by Crippen LogP contribution is 2.22. The summed E-state index contributed by atoms with van der Waals surface area (Å²) in [5, 5.41) is 10.5. The Kier molecular flexibility index (Phi) is 4.27. The summed E-state index contributed by atoms with van der Waals surface area (Å²) in [5.41, 5.74) is 5.33. The molecular formula is C18H23N3O. The van der Waals surface area contributed by atoms with Gasteiger partial charge in [0.1, 0.15) is 0 Å². The average Bonchev–Trinajstić information content (AvgIpc) is 2.98. The lowest BCUT2D eigenvalue weighted by molar-refractivity contribution is 0.0932. The minimum atomic E-state index is 0.0202. The molecule has 116 valence electrons. The van der Waals surface area contributed by atoms with Crippen LogP contribution in [0.1, 0.15) is 53.1 Å². The number of nitrogens with zero attached hydrogens (tertiary/aromatic N) is 1. The first-order chi connectivity index (χ1) is 10.7. The number of carbonyl (C=O) groups excluding carboxylic acids is 1. The van der Waals surface area contributed by atoms with Gasteiger partial charge in [0.15, 0.2) is 0 Å². The predicted molar refractivity (Wildman–Crippen MR) is 87.1 cm³/mol. The molecule has 1 atom stereocenters. The van der Waals surface area contributed by atoms with Crippen molar-refractivity contribution in [2.75, 3.05) is 0 Å². The summed E-state index contributed by atoms with van der Waals surface area (Å²) >= 11 is 0. The molecule has 4 nitrogen and oxygen atoms in total. The molecule has 2 aromatic rings. The van der Waals surface area contributed by atoms with Gasteiger partial charge < -0.3 is 5.32 Å². The van der Waals surface area contributed by atoms with Gasteiger partial charge >= 0.3 is 0 Å². The summed E-state index contributed by atoms with van der Waals surface area (Å²) in [6.07, 6.45) is 4.52. The summed E-state index contributed by atoms with van der Waals surface area (Å²) in [5.74, 6) is 0.0202. The number of hydrogen-bond donors (Lipinski definition) is 2. The van der Waals surface area contributed by atoms with Crippen molar-refractivity contribution in [2.45, 2.75) is 52.0 Å². The van der Waals surface area contributed by atoms with E-state index in [1.807, 2.05) is 13.8 Å². The Labute approximate surface area is 131 Å². The van der Waals surface area contributed by atoms with Gasteiger partial charge in [-0.15, -0.1) is 0 Å². The molecule has 0 bridgehead atoms. The molecule has 0 aliphatic heterocycles. The van der Waals surface area contributed by atoms with Gasteiger partial charge in [-0.25, -0.2) is 0 Å². The second-order valence-corrected chi connectivity index (χ2v) is 5.91. The van der Waals surface area contributed by atoms with Gasteiger partial charge in [-0.1, -0.05) is 38.1 Å². The molecule has 0 fully saturated rings. The quantitative estimate of drug-likeness (QED) is 0.911. The van der Waals surface area contributed by atoms with Crippen molar-refractivity contribution >= 4 is 5.91 Å². The summed E-state index contributed by atoms with van der Waals surface area (Å²) < 4.78 is 0. The first-order valence-corrected chi connectivity index (χ1v) is 8.16. The van der Waals surface area contributed by atoms with E-state index in [-0.39, 0.29) is 11.9 Å². The number of fused-ring (bicyclic) bond motifs is 1. The van der Waals surface area contributed by atoms with Crippen molar-refractivity contribution < 1.29 is 4.79 Å². The lowest BCUT2D eigenvalue weighted by atomic mass is 9.88.